The fraction of sp³-hybridized carbons (Fsp3) is 0.440. The van der Waals surface area contributed by atoms with Gasteiger partial charge in [0.15, 0.2) is 17.9 Å². The third kappa shape index (κ3) is 3.57. The molecule has 1 fully saturated rings. The van der Waals surface area contributed by atoms with Crippen molar-refractivity contribution in [3.8, 4) is 0 Å². The van der Waals surface area contributed by atoms with E-state index >= 15 is 0 Å². The van der Waals surface area contributed by atoms with E-state index in [1.165, 1.54) is 12.1 Å². The Labute approximate surface area is 180 Å². The van der Waals surface area contributed by atoms with Crippen molar-refractivity contribution in [1.82, 2.24) is 9.78 Å². The van der Waals surface area contributed by atoms with Crippen LogP contribution in [-0.4, -0.2) is 22.7 Å². The van der Waals surface area contributed by atoms with Gasteiger partial charge in [0, 0.05) is 17.6 Å². The van der Waals surface area contributed by atoms with Crippen LogP contribution < -0.4 is 0 Å². The maximum atomic E-state index is 13.8. The van der Waals surface area contributed by atoms with E-state index in [2.05, 4.69) is 0 Å². The predicted octanol–water partition coefficient (Wildman–Crippen LogP) is 5.80. The first-order chi connectivity index (χ1) is 15.1. The SMILES string of the molecule is Cc1nn(C2CCCCO2)c2ccc(C=O)c(C3CCc4cc(F)c(F)cc4CC3)c12. The Morgan fingerprint density at radius 2 is 1.77 bits per heavy atom. The lowest BCUT2D eigenvalue weighted by atomic mass is 9.85. The lowest BCUT2D eigenvalue weighted by Crippen LogP contribution is -2.19. The number of aldehydes is 1. The first kappa shape index (κ1) is 20.3. The molecular weight excluding hydrogens is 398 g/mol. The molecule has 2 heterocycles. The zero-order chi connectivity index (χ0) is 21.5. The lowest BCUT2D eigenvalue weighted by Gasteiger charge is -2.24. The molecule has 4 nitrogen and oxygen atoms in total. The van der Waals surface area contributed by atoms with E-state index in [4.69, 9.17) is 9.84 Å². The topological polar surface area (TPSA) is 44.1 Å². The number of aryl methyl sites for hydroxylation is 3. The number of ether oxygens (including phenoxy) is 1. The molecule has 1 unspecified atom stereocenters. The summed E-state index contributed by atoms with van der Waals surface area (Å²) in [6, 6.07) is 6.51. The van der Waals surface area contributed by atoms with Crippen LogP contribution in [0.1, 0.15) is 77.0 Å². The molecule has 31 heavy (non-hydrogen) atoms. The van der Waals surface area contributed by atoms with Gasteiger partial charge in [-0.25, -0.2) is 13.5 Å². The van der Waals surface area contributed by atoms with Crippen LogP contribution in [-0.2, 0) is 17.6 Å². The Kier molecular flexibility index (Phi) is 5.34. The number of hydrogen-bond acceptors (Lipinski definition) is 3. The van der Waals surface area contributed by atoms with Crippen molar-refractivity contribution in [2.24, 2.45) is 0 Å². The first-order valence-corrected chi connectivity index (χ1v) is 11.1. The van der Waals surface area contributed by atoms with Crippen molar-refractivity contribution >= 4 is 17.2 Å². The molecule has 0 saturated carbocycles. The van der Waals surface area contributed by atoms with Gasteiger partial charge in [-0.1, -0.05) is 0 Å². The number of rotatable bonds is 3. The minimum atomic E-state index is -0.794. The molecule has 0 N–H and O–H groups in total. The fourth-order valence-corrected chi connectivity index (χ4v) is 5.33. The zero-order valence-electron chi connectivity index (χ0n) is 17.7. The monoisotopic (exact) mass is 424 g/mol. The standard InChI is InChI=1S/C25H26F2N2O2/c1-15-24-22(29(28-15)23-4-2-3-11-31-23)10-9-19(14-30)25(24)16-5-7-17-12-20(26)21(27)13-18(17)8-6-16/h9-10,12-14,16,23H,2-8,11H2,1H3. The van der Waals surface area contributed by atoms with Crippen LogP contribution in [0.25, 0.3) is 10.9 Å². The number of carbonyl (C=O) groups excluding carboxylic acids is 1. The van der Waals surface area contributed by atoms with Gasteiger partial charge in [0.05, 0.1) is 11.2 Å². The second-order valence-corrected chi connectivity index (χ2v) is 8.74. The van der Waals surface area contributed by atoms with Gasteiger partial charge in [-0.15, -0.1) is 0 Å². The third-order valence-corrected chi connectivity index (χ3v) is 6.85. The Morgan fingerprint density at radius 3 is 2.39 bits per heavy atom. The van der Waals surface area contributed by atoms with Crippen molar-refractivity contribution in [3.63, 3.8) is 0 Å². The summed E-state index contributed by atoms with van der Waals surface area (Å²) in [6.45, 7) is 2.72. The van der Waals surface area contributed by atoms with Crippen LogP contribution in [0.2, 0.25) is 0 Å². The highest BCUT2D eigenvalue weighted by Gasteiger charge is 2.27. The van der Waals surface area contributed by atoms with E-state index in [9.17, 15) is 13.6 Å². The van der Waals surface area contributed by atoms with E-state index in [1.54, 1.807) is 0 Å². The van der Waals surface area contributed by atoms with Crippen molar-refractivity contribution < 1.29 is 18.3 Å². The number of nitrogens with zero attached hydrogens (tertiary/aromatic N) is 2. The maximum Gasteiger partial charge on any atom is 0.159 e. The number of fused-ring (bicyclic) bond motifs is 2. The molecule has 1 aliphatic heterocycles. The van der Waals surface area contributed by atoms with Crippen LogP contribution in [0.5, 0.6) is 0 Å². The highest BCUT2D eigenvalue weighted by atomic mass is 19.2. The van der Waals surface area contributed by atoms with E-state index in [0.717, 1.165) is 78.3 Å². The van der Waals surface area contributed by atoms with Crippen molar-refractivity contribution in [3.05, 3.63) is 63.8 Å². The Balaban J connectivity index is 1.57. The average molecular weight is 424 g/mol. The third-order valence-electron chi connectivity index (χ3n) is 6.85. The van der Waals surface area contributed by atoms with E-state index in [0.29, 0.717) is 18.4 Å². The molecule has 5 rings (SSSR count). The predicted molar refractivity (Wildman–Crippen MR) is 114 cm³/mol. The molecule has 1 saturated heterocycles. The molecule has 0 spiro atoms. The summed E-state index contributed by atoms with van der Waals surface area (Å²) >= 11 is 0. The molecule has 2 aliphatic rings. The summed E-state index contributed by atoms with van der Waals surface area (Å²) in [5.74, 6) is -1.47. The van der Waals surface area contributed by atoms with Crippen LogP contribution >= 0.6 is 0 Å². The largest absolute Gasteiger partial charge is 0.356 e. The molecule has 1 atom stereocenters. The van der Waals surface area contributed by atoms with Crippen LogP contribution in [0.4, 0.5) is 8.78 Å². The normalized spacial score (nSPS) is 19.9. The van der Waals surface area contributed by atoms with Crippen molar-refractivity contribution in [1.29, 1.82) is 0 Å². The minimum Gasteiger partial charge on any atom is -0.356 e. The van der Waals surface area contributed by atoms with Crippen LogP contribution in [0, 0.1) is 18.6 Å². The number of hydrogen-bond donors (Lipinski definition) is 0. The maximum absolute atomic E-state index is 13.8. The highest BCUT2D eigenvalue weighted by Crippen LogP contribution is 2.40. The molecule has 162 valence electrons. The van der Waals surface area contributed by atoms with E-state index in [1.807, 2.05) is 23.7 Å². The summed E-state index contributed by atoms with van der Waals surface area (Å²) in [5, 5.41) is 5.83. The van der Waals surface area contributed by atoms with Crippen molar-refractivity contribution in [2.75, 3.05) is 6.61 Å². The molecule has 3 aromatic rings. The molecule has 1 aliphatic carbocycles. The van der Waals surface area contributed by atoms with Gasteiger partial charge in [-0.3, -0.25) is 4.79 Å². The lowest BCUT2D eigenvalue weighted by molar-refractivity contribution is -0.0368. The van der Waals surface area contributed by atoms with Crippen molar-refractivity contribution in [2.45, 2.75) is 64.0 Å². The quantitative estimate of drug-likeness (QED) is 0.394. The molecule has 0 bridgehead atoms. The second-order valence-electron chi connectivity index (χ2n) is 8.74. The van der Waals surface area contributed by atoms with E-state index < -0.39 is 11.6 Å². The van der Waals surface area contributed by atoms with Crippen LogP contribution in [0.15, 0.2) is 24.3 Å². The van der Waals surface area contributed by atoms with Gasteiger partial charge in [0.25, 0.3) is 0 Å². The van der Waals surface area contributed by atoms with Gasteiger partial charge in [-0.05, 0) is 98.7 Å². The van der Waals surface area contributed by atoms with E-state index in [-0.39, 0.29) is 12.1 Å². The number of carbonyl (C=O) groups is 1. The van der Waals surface area contributed by atoms with Gasteiger partial charge < -0.3 is 4.74 Å². The second kappa shape index (κ2) is 8.15. The molecule has 1 aromatic heterocycles. The highest BCUT2D eigenvalue weighted by molar-refractivity contribution is 5.93. The summed E-state index contributed by atoms with van der Waals surface area (Å²) in [4.78, 5) is 12.0. The van der Waals surface area contributed by atoms with Gasteiger partial charge in [0.1, 0.15) is 6.29 Å². The summed E-state index contributed by atoms with van der Waals surface area (Å²) in [7, 11) is 0. The number of halogens is 2. The molecule has 6 heteroatoms. The first-order valence-electron chi connectivity index (χ1n) is 11.1. The van der Waals surface area contributed by atoms with Gasteiger partial charge in [0.2, 0.25) is 0 Å². The van der Waals surface area contributed by atoms with Crippen LogP contribution in [0.3, 0.4) is 0 Å². The molecule has 2 aromatic carbocycles. The molecule has 0 radical (unpaired) electrons. The van der Waals surface area contributed by atoms with Gasteiger partial charge >= 0.3 is 0 Å². The summed E-state index contributed by atoms with van der Waals surface area (Å²) in [5.41, 5.74) is 5.30. The number of aromatic nitrogens is 2. The smallest absolute Gasteiger partial charge is 0.159 e. The zero-order valence-corrected chi connectivity index (χ0v) is 17.7. The fourth-order valence-electron chi connectivity index (χ4n) is 5.33. The molecule has 0 amide bonds. The molecular formula is C25H26F2N2O2. The Hall–Kier alpha value is -2.60. The summed E-state index contributed by atoms with van der Waals surface area (Å²) < 4.78 is 35.5. The van der Waals surface area contributed by atoms with Gasteiger partial charge in [-0.2, -0.15) is 5.10 Å². The minimum absolute atomic E-state index is 0.0794. The summed E-state index contributed by atoms with van der Waals surface area (Å²) in [6.07, 6.45) is 6.82. The number of benzene rings is 2. The average Bonchev–Trinajstić information content (AvgIpc) is 2.99. The Morgan fingerprint density at radius 1 is 1.06 bits per heavy atom. The Bertz CT molecular complexity index is 1120.